The summed E-state index contributed by atoms with van der Waals surface area (Å²) in [7, 11) is 3.15. The number of nitriles is 1. The second kappa shape index (κ2) is 11.0. The van der Waals surface area contributed by atoms with Crippen LogP contribution in [0, 0.1) is 11.3 Å². The minimum atomic E-state index is -0.0267. The zero-order valence-corrected chi connectivity index (χ0v) is 18.2. The SMILES string of the molecule is COc1ccc(CN(C(=O)CCCOc2ccc(C#N)cc2OC)c2nccs2)cc1. The Morgan fingerprint density at radius 2 is 1.94 bits per heavy atom. The zero-order chi connectivity index (χ0) is 22.1. The Hall–Kier alpha value is -3.57. The Kier molecular flexibility index (Phi) is 7.85. The molecular formula is C23H23N3O4S. The summed E-state index contributed by atoms with van der Waals surface area (Å²) in [5.74, 6) is 1.78. The molecule has 0 bridgehead atoms. The zero-order valence-electron chi connectivity index (χ0n) is 17.4. The molecule has 3 rings (SSSR count). The van der Waals surface area contributed by atoms with Crippen LogP contribution in [0.1, 0.15) is 24.0 Å². The van der Waals surface area contributed by atoms with Crippen LogP contribution in [0.3, 0.4) is 0 Å². The van der Waals surface area contributed by atoms with E-state index in [0.29, 0.717) is 48.2 Å². The van der Waals surface area contributed by atoms with Crippen LogP contribution in [0.4, 0.5) is 5.13 Å². The van der Waals surface area contributed by atoms with Gasteiger partial charge in [0.2, 0.25) is 5.91 Å². The number of nitrogens with zero attached hydrogens (tertiary/aromatic N) is 3. The molecule has 0 aliphatic heterocycles. The highest BCUT2D eigenvalue weighted by Crippen LogP contribution is 2.28. The minimum absolute atomic E-state index is 0.0267. The first-order valence-electron chi connectivity index (χ1n) is 9.68. The predicted octanol–water partition coefficient (Wildman–Crippen LogP) is 4.42. The average molecular weight is 438 g/mol. The number of amides is 1. The Balaban J connectivity index is 1.59. The molecule has 0 aliphatic carbocycles. The highest BCUT2D eigenvalue weighted by molar-refractivity contribution is 7.13. The number of aromatic nitrogens is 1. The number of benzene rings is 2. The van der Waals surface area contributed by atoms with Gasteiger partial charge in [-0.25, -0.2) is 4.98 Å². The third kappa shape index (κ3) is 5.96. The fourth-order valence-corrected chi connectivity index (χ4v) is 3.58. The summed E-state index contributed by atoms with van der Waals surface area (Å²) in [5, 5.41) is 11.5. The van der Waals surface area contributed by atoms with E-state index in [2.05, 4.69) is 11.1 Å². The topological polar surface area (TPSA) is 84.7 Å². The van der Waals surface area contributed by atoms with Crippen molar-refractivity contribution in [1.29, 1.82) is 5.26 Å². The van der Waals surface area contributed by atoms with Gasteiger partial charge in [0.1, 0.15) is 5.75 Å². The van der Waals surface area contributed by atoms with Gasteiger partial charge >= 0.3 is 0 Å². The van der Waals surface area contributed by atoms with Gasteiger partial charge in [-0.1, -0.05) is 12.1 Å². The minimum Gasteiger partial charge on any atom is -0.497 e. The number of hydrogen-bond donors (Lipinski definition) is 0. The van der Waals surface area contributed by atoms with Crippen molar-refractivity contribution >= 4 is 22.4 Å². The summed E-state index contributed by atoms with van der Waals surface area (Å²) < 4.78 is 16.2. The molecule has 3 aromatic rings. The van der Waals surface area contributed by atoms with E-state index in [9.17, 15) is 4.79 Å². The molecule has 8 heteroatoms. The van der Waals surface area contributed by atoms with Gasteiger partial charge in [0.15, 0.2) is 16.6 Å². The summed E-state index contributed by atoms with van der Waals surface area (Å²) in [6.07, 6.45) is 2.54. The highest BCUT2D eigenvalue weighted by atomic mass is 32.1. The second-order valence-electron chi connectivity index (χ2n) is 6.57. The van der Waals surface area contributed by atoms with Crippen LogP contribution in [0.5, 0.6) is 17.2 Å². The Labute approximate surface area is 185 Å². The molecule has 7 nitrogen and oxygen atoms in total. The molecule has 0 aliphatic rings. The van der Waals surface area contributed by atoms with Gasteiger partial charge in [-0.2, -0.15) is 5.26 Å². The molecule has 0 saturated heterocycles. The van der Waals surface area contributed by atoms with Gasteiger partial charge in [0.25, 0.3) is 0 Å². The molecule has 1 heterocycles. The number of methoxy groups -OCH3 is 2. The molecule has 0 unspecified atom stereocenters. The Morgan fingerprint density at radius 3 is 2.58 bits per heavy atom. The number of anilines is 1. The summed E-state index contributed by atoms with van der Waals surface area (Å²) in [5.41, 5.74) is 1.49. The second-order valence-corrected chi connectivity index (χ2v) is 7.45. The summed E-state index contributed by atoms with van der Waals surface area (Å²) >= 11 is 1.43. The lowest BCUT2D eigenvalue weighted by Crippen LogP contribution is -2.30. The fraction of sp³-hybridized carbons (Fsp3) is 0.261. The smallest absolute Gasteiger partial charge is 0.229 e. The highest BCUT2D eigenvalue weighted by Gasteiger charge is 2.18. The van der Waals surface area contributed by atoms with Gasteiger partial charge in [0, 0.05) is 24.1 Å². The first-order valence-corrected chi connectivity index (χ1v) is 10.6. The van der Waals surface area contributed by atoms with Crippen LogP contribution in [-0.4, -0.2) is 31.7 Å². The van der Waals surface area contributed by atoms with Crippen molar-refractivity contribution in [3.8, 4) is 23.3 Å². The molecule has 0 spiro atoms. The number of ether oxygens (including phenoxy) is 3. The maximum Gasteiger partial charge on any atom is 0.229 e. The number of carbonyl (C=O) groups is 1. The molecule has 0 N–H and O–H groups in total. The lowest BCUT2D eigenvalue weighted by molar-refractivity contribution is -0.119. The maximum atomic E-state index is 12.9. The third-order valence-corrected chi connectivity index (χ3v) is 5.33. The van der Waals surface area contributed by atoms with Crippen LogP contribution in [0.2, 0.25) is 0 Å². The van der Waals surface area contributed by atoms with Gasteiger partial charge in [0.05, 0.1) is 39.0 Å². The van der Waals surface area contributed by atoms with E-state index < -0.39 is 0 Å². The largest absolute Gasteiger partial charge is 0.497 e. The normalized spacial score (nSPS) is 10.2. The average Bonchev–Trinajstić information content (AvgIpc) is 3.35. The monoisotopic (exact) mass is 437 g/mol. The molecule has 31 heavy (non-hydrogen) atoms. The van der Waals surface area contributed by atoms with Crippen molar-refractivity contribution in [3.63, 3.8) is 0 Å². The molecular weight excluding hydrogens is 414 g/mol. The van der Waals surface area contributed by atoms with Crippen molar-refractivity contribution in [2.75, 3.05) is 25.7 Å². The van der Waals surface area contributed by atoms with E-state index in [4.69, 9.17) is 19.5 Å². The van der Waals surface area contributed by atoms with E-state index in [0.717, 1.165) is 11.3 Å². The quantitative estimate of drug-likeness (QED) is 0.437. The summed E-state index contributed by atoms with van der Waals surface area (Å²) in [4.78, 5) is 18.9. The van der Waals surface area contributed by atoms with E-state index >= 15 is 0 Å². The van der Waals surface area contributed by atoms with Crippen molar-refractivity contribution < 1.29 is 19.0 Å². The summed E-state index contributed by atoms with van der Waals surface area (Å²) in [6.45, 7) is 0.781. The number of carbonyl (C=O) groups excluding carboxylic acids is 1. The molecule has 0 radical (unpaired) electrons. The molecule has 0 atom stereocenters. The van der Waals surface area contributed by atoms with E-state index in [-0.39, 0.29) is 5.91 Å². The molecule has 160 valence electrons. The van der Waals surface area contributed by atoms with Gasteiger partial charge in [-0.3, -0.25) is 9.69 Å². The van der Waals surface area contributed by atoms with Crippen LogP contribution in [-0.2, 0) is 11.3 Å². The number of rotatable bonds is 10. The van der Waals surface area contributed by atoms with E-state index in [1.54, 1.807) is 36.4 Å². The predicted molar refractivity (Wildman–Crippen MR) is 119 cm³/mol. The van der Waals surface area contributed by atoms with Gasteiger partial charge in [-0.15, -0.1) is 11.3 Å². The Bertz CT molecular complexity index is 1030. The lowest BCUT2D eigenvalue weighted by Gasteiger charge is -2.20. The summed E-state index contributed by atoms with van der Waals surface area (Å²) in [6, 6.07) is 14.7. The lowest BCUT2D eigenvalue weighted by atomic mass is 10.2. The van der Waals surface area contributed by atoms with Crippen molar-refractivity contribution in [2.24, 2.45) is 0 Å². The van der Waals surface area contributed by atoms with Crippen molar-refractivity contribution in [3.05, 3.63) is 65.2 Å². The van der Waals surface area contributed by atoms with Crippen LogP contribution >= 0.6 is 11.3 Å². The van der Waals surface area contributed by atoms with Gasteiger partial charge < -0.3 is 14.2 Å². The van der Waals surface area contributed by atoms with Crippen molar-refractivity contribution in [2.45, 2.75) is 19.4 Å². The molecule has 2 aromatic carbocycles. The molecule has 0 saturated carbocycles. The first-order chi connectivity index (χ1) is 15.1. The fourth-order valence-electron chi connectivity index (χ4n) is 2.92. The number of hydrogen-bond acceptors (Lipinski definition) is 7. The van der Waals surface area contributed by atoms with E-state index in [1.807, 2.05) is 29.6 Å². The molecule has 1 amide bonds. The maximum absolute atomic E-state index is 12.9. The van der Waals surface area contributed by atoms with Crippen LogP contribution in [0.25, 0.3) is 0 Å². The van der Waals surface area contributed by atoms with Crippen molar-refractivity contribution in [1.82, 2.24) is 4.98 Å². The van der Waals surface area contributed by atoms with Crippen LogP contribution in [0.15, 0.2) is 54.0 Å². The third-order valence-electron chi connectivity index (χ3n) is 4.54. The first kappa shape index (κ1) is 22.1. The molecule has 1 aromatic heterocycles. The van der Waals surface area contributed by atoms with Gasteiger partial charge in [-0.05, 0) is 36.2 Å². The standard InChI is InChI=1S/C23H23N3O4S/c1-28-19-8-5-17(6-9-19)16-26(23-25-11-13-31-23)22(27)4-3-12-30-20-10-7-18(15-24)14-21(20)29-2/h5-11,13-14H,3-4,12,16H2,1-2H3. The number of thiazole rings is 1. The Morgan fingerprint density at radius 1 is 1.13 bits per heavy atom. The van der Waals surface area contributed by atoms with Crippen LogP contribution < -0.4 is 19.1 Å². The van der Waals surface area contributed by atoms with E-state index in [1.165, 1.54) is 18.4 Å². The molecule has 0 fully saturated rings.